The molecule has 3 rings (SSSR count). The van der Waals surface area contributed by atoms with Crippen LogP contribution in [-0.4, -0.2) is 61.3 Å². The minimum atomic E-state index is 0.0855. The normalized spacial score (nSPS) is 22.9. The molecule has 2 aliphatic heterocycles. The van der Waals surface area contributed by atoms with E-state index in [-0.39, 0.29) is 12.1 Å². The van der Waals surface area contributed by atoms with Crippen LogP contribution in [-0.2, 0) is 4.74 Å². The fourth-order valence-electron chi connectivity index (χ4n) is 2.60. The Labute approximate surface area is 119 Å². The lowest BCUT2D eigenvalue weighted by molar-refractivity contribution is 0.0443. The third-order valence-electron chi connectivity index (χ3n) is 3.69. The van der Waals surface area contributed by atoms with Crippen molar-refractivity contribution in [2.45, 2.75) is 12.5 Å². The highest BCUT2D eigenvalue weighted by Crippen LogP contribution is 2.19. The maximum Gasteiger partial charge on any atom is 0.320 e. The van der Waals surface area contributed by atoms with Gasteiger partial charge in [0.2, 0.25) is 0 Å². The number of morpholine rings is 1. The van der Waals surface area contributed by atoms with Crippen molar-refractivity contribution in [1.82, 2.24) is 9.80 Å². The molecule has 0 spiro atoms. The first-order chi connectivity index (χ1) is 9.83. The molecule has 0 aliphatic carbocycles. The number of benzene rings is 1. The van der Waals surface area contributed by atoms with Crippen LogP contribution >= 0.6 is 0 Å². The smallest absolute Gasteiger partial charge is 0.320 e. The second-order valence-corrected chi connectivity index (χ2v) is 5.09. The molecule has 2 heterocycles. The second kappa shape index (κ2) is 6.13. The summed E-state index contributed by atoms with van der Waals surface area (Å²) in [6.07, 6.45) is 0.969. The maximum absolute atomic E-state index is 12.3. The van der Waals surface area contributed by atoms with Gasteiger partial charge in [-0.2, -0.15) is 0 Å². The van der Waals surface area contributed by atoms with Gasteiger partial charge < -0.3 is 19.3 Å². The van der Waals surface area contributed by atoms with Gasteiger partial charge in [-0.1, -0.05) is 12.1 Å². The van der Waals surface area contributed by atoms with Crippen molar-refractivity contribution in [2.75, 3.05) is 39.4 Å². The molecule has 1 aromatic rings. The Kier molecular flexibility index (Phi) is 4.06. The molecule has 1 atom stereocenters. The second-order valence-electron chi connectivity index (χ2n) is 5.09. The number of hydrogen-bond acceptors (Lipinski definition) is 3. The first kappa shape index (κ1) is 13.2. The van der Waals surface area contributed by atoms with Crippen molar-refractivity contribution in [1.29, 1.82) is 0 Å². The zero-order valence-corrected chi connectivity index (χ0v) is 11.5. The summed E-state index contributed by atoms with van der Waals surface area (Å²) in [5.74, 6) is 0.842. The van der Waals surface area contributed by atoms with E-state index in [2.05, 4.69) is 6.07 Å². The van der Waals surface area contributed by atoms with Gasteiger partial charge in [-0.05, 0) is 18.2 Å². The quantitative estimate of drug-likeness (QED) is 0.819. The van der Waals surface area contributed by atoms with E-state index in [9.17, 15) is 4.79 Å². The summed E-state index contributed by atoms with van der Waals surface area (Å²) in [4.78, 5) is 16.1. The average molecular weight is 275 g/mol. The molecule has 1 radical (unpaired) electrons. The van der Waals surface area contributed by atoms with Gasteiger partial charge in [-0.25, -0.2) is 4.79 Å². The molecular formula is C15H19N2O3. The van der Waals surface area contributed by atoms with E-state index in [1.165, 1.54) is 0 Å². The van der Waals surface area contributed by atoms with E-state index in [0.29, 0.717) is 32.8 Å². The standard InChI is InChI=1S/C15H19N2O3/c18-15(16-8-10-19-11-9-16)17-7-6-14(12-17)20-13-4-2-1-3-5-13/h2-5,14H,6-12H2/t14-/m0/s1. The van der Waals surface area contributed by atoms with Crippen LogP contribution in [0.4, 0.5) is 4.79 Å². The van der Waals surface area contributed by atoms with Crippen molar-refractivity contribution in [3.8, 4) is 5.75 Å². The molecule has 0 unspecified atom stereocenters. The molecule has 0 aromatic heterocycles. The highest BCUT2D eigenvalue weighted by Gasteiger charge is 2.31. The number of hydrogen-bond donors (Lipinski definition) is 0. The van der Waals surface area contributed by atoms with Gasteiger partial charge >= 0.3 is 6.03 Å². The predicted octanol–water partition coefficient (Wildman–Crippen LogP) is 1.39. The third kappa shape index (κ3) is 3.04. The van der Waals surface area contributed by atoms with E-state index >= 15 is 0 Å². The number of nitrogens with zero attached hydrogens (tertiary/aromatic N) is 2. The lowest BCUT2D eigenvalue weighted by Crippen LogP contribution is -2.47. The topological polar surface area (TPSA) is 42.0 Å². The monoisotopic (exact) mass is 275 g/mol. The average Bonchev–Trinajstić information content (AvgIpc) is 2.97. The molecule has 2 amide bonds. The summed E-state index contributed by atoms with van der Waals surface area (Å²) in [6.45, 7) is 4.08. The van der Waals surface area contributed by atoms with Crippen LogP contribution in [0.15, 0.2) is 24.3 Å². The van der Waals surface area contributed by atoms with Crippen LogP contribution in [0.5, 0.6) is 5.75 Å². The minimum absolute atomic E-state index is 0.0855. The summed E-state index contributed by atoms with van der Waals surface area (Å²) in [7, 11) is 0. The molecule has 5 heteroatoms. The Bertz CT molecular complexity index is 446. The molecule has 0 N–H and O–H groups in total. The Hall–Kier alpha value is -1.75. The van der Waals surface area contributed by atoms with Crippen LogP contribution < -0.4 is 4.74 Å². The molecule has 0 bridgehead atoms. The zero-order chi connectivity index (χ0) is 13.8. The van der Waals surface area contributed by atoms with Gasteiger partial charge in [-0.3, -0.25) is 0 Å². The maximum atomic E-state index is 12.3. The van der Waals surface area contributed by atoms with Crippen molar-refractivity contribution < 1.29 is 14.3 Å². The zero-order valence-electron chi connectivity index (χ0n) is 11.5. The number of carbonyl (C=O) groups is 1. The molecule has 107 valence electrons. The Morgan fingerprint density at radius 1 is 1.20 bits per heavy atom. The fourth-order valence-corrected chi connectivity index (χ4v) is 2.60. The summed E-state index contributed by atoms with van der Waals surface area (Å²) < 4.78 is 11.2. The molecule has 2 fully saturated rings. The summed E-state index contributed by atoms with van der Waals surface area (Å²) in [5, 5.41) is 0. The molecule has 1 aromatic carbocycles. The molecule has 5 nitrogen and oxygen atoms in total. The van der Waals surface area contributed by atoms with Gasteiger partial charge in [0, 0.05) is 26.1 Å². The number of carbonyl (C=O) groups excluding carboxylic acids is 1. The van der Waals surface area contributed by atoms with Crippen LogP contribution in [0, 0.1) is 6.07 Å². The van der Waals surface area contributed by atoms with Crippen molar-refractivity contribution in [2.24, 2.45) is 0 Å². The van der Waals surface area contributed by atoms with Gasteiger partial charge in [-0.15, -0.1) is 0 Å². The molecule has 0 saturated carbocycles. The summed E-state index contributed by atoms with van der Waals surface area (Å²) in [6, 6.07) is 10.5. The Morgan fingerprint density at radius 3 is 2.70 bits per heavy atom. The largest absolute Gasteiger partial charge is 0.489 e. The van der Waals surface area contributed by atoms with E-state index < -0.39 is 0 Å². The highest BCUT2D eigenvalue weighted by molar-refractivity contribution is 5.75. The molecular weight excluding hydrogens is 256 g/mol. The number of likely N-dealkylation sites (tertiary alicyclic amines) is 1. The van der Waals surface area contributed by atoms with Gasteiger partial charge in [0.15, 0.2) is 0 Å². The first-order valence-electron chi connectivity index (χ1n) is 7.07. The van der Waals surface area contributed by atoms with Gasteiger partial charge in [0.1, 0.15) is 11.9 Å². The SMILES string of the molecule is O=C(N1CCOCC1)N1CC[C@H](Oc2cc[c]cc2)C1. The van der Waals surface area contributed by atoms with E-state index in [0.717, 1.165) is 18.7 Å². The van der Waals surface area contributed by atoms with Crippen LogP contribution in [0.3, 0.4) is 0 Å². The first-order valence-corrected chi connectivity index (χ1v) is 7.07. The van der Waals surface area contributed by atoms with E-state index in [4.69, 9.17) is 9.47 Å². The number of ether oxygens (including phenoxy) is 2. The predicted molar refractivity (Wildman–Crippen MR) is 73.7 cm³/mol. The molecule has 20 heavy (non-hydrogen) atoms. The van der Waals surface area contributed by atoms with E-state index in [1.54, 1.807) is 0 Å². The molecule has 2 aliphatic rings. The Balaban J connectivity index is 1.52. The fraction of sp³-hybridized carbons (Fsp3) is 0.533. The highest BCUT2D eigenvalue weighted by atomic mass is 16.5. The number of rotatable bonds is 2. The van der Waals surface area contributed by atoms with E-state index in [1.807, 2.05) is 34.1 Å². The van der Waals surface area contributed by atoms with Gasteiger partial charge in [0.05, 0.1) is 19.8 Å². The summed E-state index contributed by atoms with van der Waals surface area (Å²) >= 11 is 0. The Morgan fingerprint density at radius 2 is 1.95 bits per heavy atom. The van der Waals surface area contributed by atoms with Crippen molar-refractivity contribution in [3.63, 3.8) is 0 Å². The number of urea groups is 1. The lowest BCUT2D eigenvalue weighted by atomic mass is 10.3. The van der Waals surface area contributed by atoms with Crippen LogP contribution in [0.1, 0.15) is 6.42 Å². The van der Waals surface area contributed by atoms with Crippen molar-refractivity contribution in [3.05, 3.63) is 30.3 Å². The van der Waals surface area contributed by atoms with Crippen LogP contribution in [0.2, 0.25) is 0 Å². The molecule has 2 saturated heterocycles. The third-order valence-corrected chi connectivity index (χ3v) is 3.69. The summed E-state index contributed by atoms with van der Waals surface area (Å²) in [5.41, 5.74) is 0. The van der Waals surface area contributed by atoms with Crippen LogP contribution in [0.25, 0.3) is 0 Å². The number of amides is 2. The van der Waals surface area contributed by atoms with Gasteiger partial charge in [0.25, 0.3) is 0 Å². The van der Waals surface area contributed by atoms with Crippen molar-refractivity contribution >= 4 is 6.03 Å². The minimum Gasteiger partial charge on any atom is -0.489 e. The lowest BCUT2D eigenvalue weighted by Gasteiger charge is -2.30.